The van der Waals surface area contributed by atoms with Crippen molar-refractivity contribution in [3.05, 3.63) is 35.4 Å². The second-order valence-corrected chi connectivity index (χ2v) is 5.90. The van der Waals surface area contributed by atoms with Gasteiger partial charge in [-0.25, -0.2) is 8.78 Å². The lowest BCUT2D eigenvalue weighted by Gasteiger charge is -2.34. The maximum absolute atomic E-state index is 13.8. The molecule has 1 aromatic carbocycles. The Hall–Kier alpha value is -0.970. The van der Waals surface area contributed by atoms with E-state index in [9.17, 15) is 13.6 Å². The second kappa shape index (κ2) is 7.16. The third kappa shape index (κ3) is 3.57. The number of alkyl halides is 1. The number of amides is 1. The van der Waals surface area contributed by atoms with Gasteiger partial charge in [0.15, 0.2) is 0 Å². The zero-order valence-electron chi connectivity index (χ0n) is 11.2. The van der Waals surface area contributed by atoms with E-state index in [1.807, 2.05) is 0 Å². The average Bonchev–Trinajstić information content (AvgIpc) is 2.47. The van der Waals surface area contributed by atoms with Crippen molar-refractivity contribution >= 4 is 21.8 Å². The lowest BCUT2D eigenvalue weighted by molar-refractivity contribution is 0.0646. The summed E-state index contributed by atoms with van der Waals surface area (Å²) in [5.41, 5.74) is -0.170. The van der Waals surface area contributed by atoms with Crippen LogP contribution in [-0.2, 0) is 0 Å². The average molecular weight is 346 g/mol. The van der Waals surface area contributed by atoms with Crippen LogP contribution < -0.4 is 0 Å². The van der Waals surface area contributed by atoms with Crippen molar-refractivity contribution in [2.24, 2.45) is 0 Å². The lowest BCUT2D eigenvalue weighted by atomic mass is 9.93. The SMILES string of the molecule is O=C(c1cc(F)ccc1F)N(CCBr)C1CCCCC1. The maximum Gasteiger partial charge on any atom is 0.257 e. The van der Waals surface area contributed by atoms with Gasteiger partial charge in [0.2, 0.25) is 0 Å². The van der Waals surface area contributed by atoms with E-state index < -0.39 is 17.5 Å². The molecule has 1 aliphatic rings. The zero-order valence-corrected chi connectivity index (χ0v) is 12.8. The van der Waals surface area contributed by atoms with Crippen LogP contribution in [0.1, 0.15) is 42.5 Å². The van der Waals surface area contributed by atoms with E-state index in [2.05, 4.69) is 15.9 Å². The maximum atomic E-state index is 13.8. The van der Waals surface area contributed by atoms with Crippen LogP contribution in [0.15, 0.2) is 18.2 Å². The van der Waals surface area contributed by atoms with Crippen LogP contribution in [0.2, 0.25) is 0 Å². The topological polar surface area (TPSA) is 20.3 Å². The number of hydrogen-bond donors (Lipinski definition) is 0. The standard InChI is InChI=1S/C15H18BrF2NO/c16-8-9-19(12-4-2-1-3-5-12)15(20)13-10-11(17)6-7-14(13)18/h6-7,10,12H,1-5,8-9H2. The molecule has 0 unspecified atom stereocenters. The smallest absolute Gasteiger partial charge is 0.257 e. The van der Waals surface area contributed by atoms with Crippen LogP contribution in [0.5, 0.6) is 0 Å². The van der Waals surface area contributed by atoms with Gasteiger partial charge in [0.05, 0.1) is 5.56 Å². The molecule has 20 heavy (non-hydrogen) atoms. The van der Waals surface area contributed by atoms with Crippen molar-refractivity contribution in [3.8, 4) is 0 Å². The first kappa shape index (κ1) is 15.4. The minimum absolute atomic E-state index is 0.136. The number of nitrogens with zero attached hydrogens (tertiary/aromatic N) is 1. The molecule has 0 heterocycles. The van der Waals surface area contributed by atoms with E-state index in [1.54, 1.807) is 4.90 Å². The summed E-state index contributed by atoms with van der Waals surface area (Å²) in [4.78, 5) is 14.2. The molecule has 0 spiro atoms. The third-order valence-electron chi connectivity index (χ3n) is 3.76. The summed E-state index contributed by atoms with van der Waals surface area (Å²) < 4.78 is 27.0. The molecule has 1 fully saturated rings. The molecule has 0 saturated heterocycles. The molecule has 1 aromatic rings. The summed E-state index contributed by atoms with van der Waals surface area (Å²) in [7, 11) is 0. The molecule has 1 saturated carbocycles. The van der Waals surface area contributed by atoms with Gasteiger partial charge in [0.25, 0.3) is 5.91 Å². The normalized spacial score (nSPS) is 16.1. The fourth-order valence-corrected chi connectivity index (χ4v) is 3.13. The van der Waals surface area contributed by atoms with E-state index in [-0.39, 0.29) is 11.6 Å². The number of benzene rings is 1. The van der Waals surface area contributed by atoms with E-state index >= 15 is 0 Å². The molecule has 0 aromatic heterocycles. The Morgan fingerprint density at radius 3 is 2.60 bits per heavy atom. The number of halogens is 3. The van der Waals surface area contributed by atoms with E-state index in [0.29, 0.717) is 11.9 Å². The van der Waals surface area contributed by atoms with Crippen LogP contribution in [0.4, 0.5) is 8.78 Å². The van der Waals surface area contributed by atoms with Gasteiger partial charge < -0.3 is 4.90 Å². The van der Waals surface area contributed by atoms with Crippen LogP contribution >= 0.6 is 15.9 Å². The molecular formula is C15H18BrF2NO. The Bertz CT molecular complexity index is 475. The molecule has 2 nitrogen and oxygen atoms in total. The molecule has 110 valence electrons. The van der Waals surface area contributed by atoms with Crippen molar-refractivity contribution in [3.63, 3.8) is 0 Å². The van der Waals surface area contributed by atoms with Gasteiger partial charge >= 0.3 is 0 Å². The van der Waals surface area contributed by atoms with Crippen LogP contribution in [-0.4, -0.2) is 28.7 Å². The highest BCUT2D eigenvalue weighted by Gasteiger charge is 2.27. The van der Waals surface area contributed by atoms with E-state index in [0.717, 1.165) is 43.9 Å². The minimum atomic E-state index is -0.660. The highest BCUT2D eigenvalue weighted by molar-refractivity contribution is 9.09. The number of carbonyl (C=O) groups excluding carboxylic acids is 1. The first-order valence-corrected chi connectivity index (χ1v) is 8.07. The monoisotopic (exact) mass is 345 g/mol. The summed E-state index contributed by atoms with van der Waals surface area (Å²) in [5.74, 6) is -1.66. The number of hydrogen-bond acceptors (Lipinski definition) is 1. The Kier molecular flexibility index (Phi) is 5.52. The van der Waals surface area contributed by atoms with Crippen LogP contribution in [0, 0.1) is 11.6 Å². The molecule has 0 N–H and O–H groups in total. The first-order valence-electron chi connectivity index (χ1n) is 6.95. The molecule has 5 heteroatoms. The summed E-state index contributed by atoms with van der Waals surface area (Å²) >= 11 is 3.33. The zero-order chi connectivity index (χ0) is 14.5. The Balaban J connectivity index is 2.23. The third-order valence-corrected chi connectivity index (χ3v) is 4.12. The Labute approximate surface area is 126 Å². The van der Waals surface area contributed by atoms with Gasteiger partial charge in [0, 0.05) is 17.9 Å². The summed E-state index contributed by atoms with van der Waals surface area (Å²) in [6.45, 7) is 0.513. The highest BCUT2D eigenvalue weighted by atomic mass is 79.9. The molecule has 1 aliphatic carbocycles. The van der Waals surface area contributed by atoms with Crippen molar-refractivity contribution in [1.29, 1.82) is 0 Å². The van der Waals surface area contributed by atoms with Gasteiger partial charge in [-0.2, -0.15) is 0 Å². The summed E-state index contributed by atoms with van der Waals surface area (Å²) in [6.07, 6.45) is 5.23. The van der Waals surface area contributed by atoms with Crippen molar-refractivity contribution in [2.45, 2.75) is 38.1 Å². The lowest BCUT2D eigenvalue weighted by Crippen LogP contribution is -2.43. The molecule has 0 radical (unpaired) electrons. The van der Waals surface area contributed by atoms with Crippen molar-refractivity contribution in [1.82, 2.24) is 4.90 Å². The van der Waals surface area contributed by atoms with Crippen molar-refractivity contribution < 1.29 is 13.6 Å². The molecular weight excluding hydrogens is 328 g/mol. The fourth-order valence-electron chi connectivity index (χ4n) is 2.75. The van der Waals surface area contributed by atoms with Gasteiger partial charge in [-0.3, -0.25) is 4.79 Å². The fraction of sp³-hybridized carbons (Fsp3) is 0.533. The largest absolute Gasteiger partial charge is 0.335 e. The summed E-state index contributed by atoms with van der Waals surface area (Å²) in [5, 5.41) is 0.631. The molecule has 2 rings (SSSR count). The molecule has 1 amide bonds. The van der Waals surface area contributed by atoms with Gasteiger partial charge in [0.1, 0.15) is 11.6 Å². The first-order chi connectivity index (χ1) is 9.63. The number of carbonyl (C=O) groups is 1. The van der Waals surface area contributed by atoms with E-state index in [1.165, 1.54) is 6.42 Å². The molecule has 0 aliphatic heterocycles. The predicted molar refractivity (Wildman–Crippen MR) is 78.1 cm³/mol. The van der Waals surface area contributed by atoms with Crippen LogP contribution in [0.3, 0.4) is 0 Å². The Morgan fingerprint density at radius 2 is 1.95 bits per heavy atom. The van der Waals surface area contributed by atoms with Gasteiger partial charge in [-0.15, -0.1) is 0 Å². The van der Waals surface area contributed by atoms with Gasteiger partial charge in [-0.1, -0.05) is 35.2 Å². The Morgan fingerprint density at radius 1 is 1.25 bits per heavy atom. The highest BCUT2D eigenvalue weighted by Crippen LogP contribution is 2.25. The quantitative estimate of drug-likeness (QED) is 0.751. The van der Waals surface area contributed by atoms with Gasteiger partial charge in [-0.05, 0) is 31.0 Å². The summed E-state index contributed by atoms with van der Waals surface area (Å²) in [6, 6.07) is 3.16. The predicted octanol–water partition coefficient (Wildman–Crippen LogP) is 4.13. The molecule has 0 bridgehead atoms. The number of rotatable bonds is 4. The minimum Gasteiger partial charge on any atom is -0.335 e. The second-order valence-electron chi connectivity index (χ2n) is 5.10. The van der Waals surface area contributed by atoms with E-state index in [4.69, 9.17) is 0 Å². The molecule has 0 atom stereocenters. The van der Waals surface area contributed by atoms with Crippen LogP contribution in [0.25, 0.3) is 0 Å². The van der Waals surface area contributed by atoms with Crippen molar-refractivity contribution in [2.75, 3.05) is 11.9 Å².